The first-order valence-electron chi connectivity index (χ1n) is 8.52. The van der Waals surface area contributed by atoms with Crippen LogP contribution in [0.1, 0.15) is 32.9 Å². The van der Waals surface area contributed by atoms with Crippen LogP contribution in [0.3, 0.4) is 0 Å². The topological polar surface area (TPSA) is 42.0 Å². The number of carbonyl (C=O) groups excluding carboxylic acids is 1. The molecule has 0 aliphatic heterocycles. The average molecular weight is 382 g/mol. The van der Waals surface area contributed by atoms with Crippen molar-refractivity contribution in [1.82, 2.24) is 4.98 Å². The molecule has 0 aliphatic carbocycles. The van der Waals surface area contributed by atoms with E-state index in [1.807, 2.05) is 43.3 Å². The van der Waals surface area contributed by atoms with Crippen LogP contribution in [-0.4, -0.2) is 10.9 Å². The van der Waals surface area contributed by atoms with Crippen molar-refractivity contribution in [2.24, 2.45) is 0 Å². The van der Waals surface area contributed by atoms with Crippen molar-refractivity contribution in [2.45, 2.75) is 13.1 Å². The molecular weight excluding hydrogens is 365 g/mol. The maximum absolute atomic E-state index is 12.8. The molecule has 28 heavy (non-hydrogen) atoms. The zero-order valence-corrected chi connectivity index (χ0v) is 15.0. The lowest BCUT2D eigenvalue weighted by atomic mass is 10.1. The molecule has 2 aromatic carbocycles. The van der Waals surface area contributed by atoms with Crippen LogP contribution < -0.4 is 5.32 Å². The Bertz CT molecular complexity index is 1030. The first-order chi connectivity index (χ1) is 13.3. The first-order valence-corrected chi connectivity index (χ1v) is 8.52. The molecule has 0 unspecified atom stereocenters. The number of carbonyl (C=O) groups is 1. The van der Waals surface area contributed by atoms with Gasteiger partial charge in [0.1, 0.15) is 0 Å². The molecule has 0 aliphatic rings. The molecular formula is C22H17F3N2O. The predicted octanol–water partition coefficient (Wildman–Crippen LogP) is 5.83. The van der Waals surface area contributed by atoms with Crippen LogP contribution in [0.25, 0.3) is 12.2 Å². The van der Waals surface area contributed by atoms with Gasteiger partial charge in [-0.3, -0.25) is 9.78 Å². The second-order valence-corrected chi connectivity index (χ2v) is 6.20. The average Bonchev–Trinajstić information content (AvgIpc) is 2.66. The van der Waals surface area contributed by atoms with Gasteiger partial charge in [0.2, 0.25) is 0 Å². The van der Waals surface area contributed by atoms with Crippen LogP contribution in [0.4, 0.5) is 18.9 Å². The van der Waals surface area contributed by atoms with E-state index in [0.29, 0.717) is 5.56 Å². The summed E-state index contributed by atoms with van der Waals surface area (Å²) in [6.45, 7) is 1.90. The summed E-state index contributed by atoms with van der Waals surface area (Å²) in [6.07, 6.45) is -0.811. The van der Waals surface area contributed by atoms with Crippen LogP contribution in [0.5, 0.6) is 0 Å². The Balaban J connectivity index is 1.76. The zero-order chi connectivity index (χ0) is 20.1. The van der Waals surface area contributed by atoms with Crippen LogP contribution in [0, 0.1) is 6.92 Å². The van der Waals surface area contributed by atoms with Crippen molar-refractivity contribution in [3.63, 3.8) is 0 Å². The van der Waals surface area contributed by atoms with Gasteiger partial charge in [0.15, 0.2) is 0 Å². The summed E-state index contributed by atoms with van der Waals surface area (Å²) in [5.74, 6) is -0.483. The molecule has 1 amide bonds. The molecule has 0 atom stereocenters. The van der Waals surface area contributed by atoms with Gasteiger partial charge in [-0.05, 0) is 61.0 Å². The number of rotatable bonds is 4. The quantitative estimate of drug-likeness (QED) is 0.617. The summed E-state index contributed by atoms with van der Waals surface area (Å²) < 4.78 is 38.4. The van der Waals surface area contributed by atoms with Crippen molar-refractivity contribution < 1.29 is 18.0 Å². The zero-order valence-electron chi connectivity index (χ0n) is 15.0. The van der Waals surface area contributed by atoms with Crippen molar-refractivity contribution in [2.75, 3.05) is 5.32 Å². The SMILES string of the molecule is Cc1cccc(C=Cc2cccc(C(=O)Nc3cccc(C(F)(F)F)c3)c2)n1. The Kier molecular flexibility index (Phi) is 5.59. The minimum absolute atomic E-state index is 0.0877. The molecule has 3 aromatic rings. The number of halogens is 3. The second-order valence-electron chi connectivity index (χ2n) is 6.20. The normalized spacial score (nSPS) is 11.6. The fraction of sp³-hybridized carbons (Fsp3) is 0.0909. The highest BCUT2D eigenvalue weighted by molar-refractivity contribution is 6.04. The molecule has 1 N–H and O–H groups in total. The number of nitrogens with zero attached hydrogens (tertiary/aromatic N) is 1. The molecule has 0 radical (unpaired) electrons. The van der Waals surface area contributed by atoms with Gasteiger partial charge in [-0.2, -0.15) is 13.2 Å². The molecule has 3 nitrogen and oxygen atoms in total. The lowest BCUT2D eigenvalue weighted by molar-refractivity contribution is -0.137. The van der Waals surface area contributed by atoms with Gasteiger partial charge in [-0.25, -0.2) is 0 Å². The smallest absolute Gasteiger partial charge is 0.322 e. The van der Waals surface area contributed by atoms with E-state index >= 15 is 0 Å². The van der Waals surface area contributed by atoms with Crippen molar-refractivity contribution in [3.8, 4) is 0 Å². The maximum Gasteiger partial charge on any atom is 0.416 e. The molecule has 6 heteroatoms. The number of aryl methyl sites for hydroxylation is 1. The number of hydrogen-bond donors (Lipinski definition) is 1. The third-order valence-electron chi connectivity index (χ3n) is 3.95. The predicted molar refractivity (Wildman–Crippen MR) is 104 cm³/mol. The number of aromatic nitrogens is 1. The number of pyridine rings is 1. The highest BCUT2D eigenvalue weighted by Gasteiger charge is 2.30. The molecule has 0 bridgehead atoms. The van der Waals surface area contributed by atoms with E-state index in [-0.39, 0.29) is 5.69 Å². The van der Waals surface area contributed by atoms with Gasteiger partial charge in [0.05, 0.1) is 11.3 Å². The lowest BCUT2D eigenvalue weighted by Gasteiger charge is -2.10. The van der Waals surface area contributed by atoms with Crippen LogP contribution in [-0.2, 0) is 6.18 Å². The highest BCUT2D eigenvalue weighted by Crippen LogP contribution is 2.30. The summed E-state index contributed by atoms with van der Waals surface area (Å²) >= 11 is 0. The van der Waals surface area contributed by atoms with Gasteiger partial charge in [0.25, 0.3) is 5.91 Å². The van der Waals surface area contributed by atoms with Crippen molar-refractivity contribution in [1.29, 1.82) is 0 Å². The molecule has 3 rings (SSSR count). The van der Waals surface area contributed by atoms with Gasteiger partial charge in [-0.1, -0.05) is 30.3 Å². The molecule has 0 spiro atoms. The molecule has 0 saturated carbocycles. The monoisotopic (exact) mass is 382 g/mol. The third-order valence-corrected chi connectivity index (χ3v) is 3.95. The van der Waals surface area contributed by atoms with Crippen LogP contribution >= 0.6 is 0 Å². The number of alkyl halides is 3. The Morgan fingerprint density at radius 2 is 1.71 bits per heavy atom. The Hall–Kier alpha value is -3.41. The van der Waals surface area contributed by atoms with Gasteiger partial charge in [-0.15, -0.1) is 0 Å². The van der Waals surface area contributed by atoms with E-state index in [4.69, 9.17) is 0 Å². The minimum atomic E-state index is -4.46. The van der Waals surface area contributed by atoms with Gasteiger partial charge >= 0.3 is 6.18 Å². The van der Waals surface area contributed by atoms with Crippen LogP contribution in [0.15, 0.2) is 66.7 Å². The van der Waals surface area contributed by atoms with E-state index in [0.717, 1.165) is 29.1 Å². The summed E-state index contributed by atoms with van der Waals surface area (Å²) in [4.78, 5) is 16.8. The molecule has 0 saturated heterocycles. The fourth-order valence-corrected chi connectivity index (χ4v) is 2.60. The summed E-state index contributed by atoms with van der Waals surface area (Å²) in [6, 6.07) is 17.0. The number of anilines is 1. The standard InChI is InChI=1S/C22H17F3N2O/c1-15-5-2-9-19(26-15)12-11-16-6-3-7-17(13-16)21(28)27-20-10-4-8-18(14-20)22(23,24)25/h2-14H,1H3,(H,27,28). The Labute approximate surface area is 160 Å². The summed E-state index contributed by atoms with van der Waals surface area (Å²) in [5.41, 5.74) is 2.09. The van der Waals surface area contributed by atoms with Crippen molar-refractivity contribution >= 4 is 23.7 Å². The Morgan fingerprint density at radius 1 is 0.964 bits per heavy atom. The number of amides is 1. The number of benzene rings is 2. The summed E-state index contributed by atoms with van der Waals surface area (Å²) in [5, 5.41) is 2.50. The molecule has 142 valence electrons. The van der Waals surface area contributed by atoms with Gasteiger partial charge in [0, 0.05) is 16.9 Å². The first kappa shape index (κ1) is 19.4. The molecule has 0 fully saturated rings. The maximum atomic E-state index is 12.8. The van der Waals surface area contributed by atoms with E-state index in [1.165, 1.54) is 12.1 Å². The number of nitrogens with one attached hydrogen (secondary N) is 1. The molecule has 1 aromatic heterocycles. The molecule has 1 heterocycles. The summed E-state index contributed by atoms with van der Waals surface area (Å²) in [7, 11) is 0. The van der Waals surface area contributed by atoms with E-state index in [2.05, 4.69) is 10.3 Å². The fourth-order valence-electron chi connectivity index (χ4n) is 2.60. The Morgan fingerprint density at radius 3 is 2.46 bits per heavy atom. The number of hydrogen-bond acceptors (Lipinski definition) is 2. The lowest BCUT2D eigenvalue weighted by Crippen LogP contribution is -2.13. The van der Waals surface area contributed by atoms with E-state index < -0.39 is 17.6 Å². The minimum Gasteiger partial charge on any atom is -0.322 e. The highest BCUT2D eigenvalue weighted by atomic mass is 19.4. The second kappa shape index (κ2) is 8.08. The third kappa shape index (κ3) is 5.07. The van der Waals surface area contributed by atoms with E-state index in [1.54, 1.807) is 18.2 Å². The van der Waals surface area contributed by atoms with Gasteiger partial charge < -0.3 is 5.32 Å². The van der Waals surface area contributed by atoms with Crippen LogP contribution in [0.2, 0.25) is 0 Å². The largest absolute Gasteiger partial charge is 0.416 e. The van der Waals surface area contributed by atoms with Crippen molar-refractivity contribution in [3.05, 3.63) is 94.8 Å². The van der Waals surface area contributed by atoms with E-state index in [9.17, 15) is 18.0 Å².